The molecule has 0 amide bonds. The largest absolute Gasteiger partial charge is 0.337 e. The number of halogens is 1. The maximum atomic E-state index is 6.05. The highest BCUT2D eigenvalue weighted by Gasteiger charge is 2.23. The van der Waals surface area contributed by atoms with Crippen molar-refractivity contribution < 1.29 is 0 Å². The molecule has 1 atom stereocenters. The summed E-state index contributed by atoms with van der Waals surface area (Å²) in [5, 5.41) is 1.08. The van der Waals surface area contributed by atoms with Crippen LogP contribution in [-0.4, -0.2) is 28.4 Å². The molecule has 0 aliphatic carbocycles. The number of rotatable bonds is 2. The maximum Gasteiger partial charge on any atom is 0.226 e. The number of hydrogen-bond donors (Lipinski definition) is 0. The standard InChI is InChI=1S/C14H16ClN3/c15-9-12-6-3-4-8-18(12)14-16-10-11-5-1-2-7-13(11)17-14/h1-2,5,7,10,12H,3-4,6,8-9H2. The van der Waals surface area contributed by atoms with Crippen LogP contribution in [0.1, 0.15) is 19.3 Å². The highest BCUT2D eigenvalue weighted by molar-refractivity contribution is 6.18. The Morgan fingerprint density at radius 2 is 2.17 bits per heavy atom. The molecule has 0 bridgehead atoms. The normalized spacial score (nSPS) is 20.3. The van der Waals surface area contributed by atoms with Crippen LogP contribution in [0, 0.1) is 0 Å². The topological polar surface area (TPSA) is 29.0 Å². The molecule has 3 rings (SSSR count). The van der Waals surface area contributed by atoms with Crippen LogP contribution in [0.5, 0.6) is 0 Å². The minimum Gasteiger partial charge on any atom is -0.337 e. The van der Waals surface area contributed by atoms with Gasteiger partial charge in [-0.2, -0.15) is 0 Å². The SMILES string of the molecule is ClCC1CCCCN1c1ncc2ccccc2n1. The van der Waals surface area contributed by atoms with Crippen molar-refractivity contribution in [3.63, 3.8) is 0 Å². The molecule has 1 fully saturated rings. The molecule has 2 heterocycles. The molecular weight excluding hydrogens is 246 g/mol. The van der Waals surface area contributed by atoms with Crippen LogP contribution in [-0.2, 0) is 0 Å². The molecule has 1 aliphatic rings. The second-order valence-electron chi connectivity index (χ2n) is 4.73. The Bertz CT molecular complexity index is 543. The molecule has 4 heteroatoms. The third-order valence-electron chi connectivity index (χ3n) is 3.54. The van der Waals surface area contributed by atoms with Crippen molar-refractivity contribution in [2.24, 2.45) is 0 Å². The highest BCUT2D eigenvalue weighted by Crippen LogP contribution is 2.23. The molecule has 0 spiro atoms. The second kappa shape index (κ2) is 5.11. The van der Waals surface area contributed by atoms with Crippen molar-refractivity contribution in [1.82, 2.24) is 9.97 Å². The third-order valence-corrected chi connectivity index (χ3v) is 3.89. The van der Waals surface area contributed by atoms with Crippen LogP contribution < -0.4 is 4.90 Å². The summed E-state index contributed by atoms with van der Waals surface area (Å²) < 4.78 is 0. The molecule has 3 nitrogen and oxygen atoms in total. The zero-order valence-electron chi connectivity index (χ0n) is 10.2. The number of alkyl halides is 1. The second-order valence-corrected chi connectivity index (χ2v) is 5.03. The number of anilines is 1. The van der Waals surface area contributed by atoms with E-state index in [1.54, 1.807) is 0 Å². The van der Waals surface area contributed by atoms with Gasteiger partial charge in [0, 0.05) is 30.0 Å². The summed E-state index contributed by atoms with van der Waals surface area (Å²) in [5.74, 6) is 1.47. The van der Waals surface area contributed by atoms with Gasteiger partial charge in [-0.05, 0) is 25.3 Å². The Labute approximate surface area is 112 Å². The summed E-state index contributed by atoms with van der Waals surface area (Å²) in [5.41, 5.74) is 1.00. The first kappa shape index (κ1) is 11.7. The predicted molar refractivity (Wildman–Crippen MR) is 75.2 cm³/mol. The molecule has 1 aromatic heterocycles. The molecular formula is C14H16ClN3. The summed E-state index contributed by atoms with van der Waals surface area (Å²) in [6, 6.07) is 8.46. The van der Waals surface area contributed by atoms with Crippen molar-refractivity contribution in [1.29, 1.82) is 0 Å². The number of nitrogens with zero attached hydrogens (tertiary/aromatic N) is 3. The van der Waals surface area contributed by atoms with Gasteiger partial charge in [-0.25, -0.2) is 9.97 Å². The molecule has 0 N–H and O–H groups in total. The third kappa shape index (κ3) is 2.15. The van der Waals surface area contributed by atoms with E-state index < -0.39 is 0 Å². The fourth-order valence-corrected chi connectivity index (χ4v) is 2.85. The number of fused-ring (bicyclic) bond motifs is 1. The molecule has 1 saturated heterocycles. The smallest absolute Gasteiger partial charge is 0.226 e. The Morgan fingerprint density at radius 3 is 3.06 bits per heavy atom. The van der Waals surface area contributed by atoms with Crippen molar-refractivity contribution >= 4 is 28.5 Å². The van der Waals surface area contributed by atoms with E-state index in [1.807, 2.05) is 30.5 Å². The summed E-state index contributed by atoms with van der Waals surface area (Å²) in [4.78, 5) is 11.4. The van der Waals surface area contributed by atoms with E-state index in [2.05, 4.69) is 14.9 Å². The molecule has 2 aromatic rings. The number of aromatic nitrogens is 2. The molecule has 1 unspecified atom stereocenters. The Kier molecular flexibility index (Phi) is 3.33. The molecule has 18 heavy (non-hydrogen) atoms. The number of para-hydroxylation sites is 1. The monoisotopic (exact) mass is 261 g/mol. The first-order valence-electron chi connectivity index (χ1n) is 6.43. The summed E-state index contributed by atoms with van der Waals surface area (Å²) in [7, 11) is 0. The van der Waals surface area contributed by atoms with Gasteiger partial charge in [-0.15, -0.1) is 11.6 Å². The van der Waals surface area contributed by atoms with Gasteiger partial charge in [-0.3, -0.25) is 0 Å². The Hall–Kier alpha value is -1.35. The number of hydrogen-bond acceptors (Lipinski definition) is 3. The van der Waals surface area contributed by atoms with Gasteiger partial charge in [0.15, 0.2) is 0 Å². The zero-order chi connectivity index (χ0) is 12.4. The number of benzene rings is 1. The number of piperidine rings is 1. The van der Waals surface area contributed by atoms with Gasteiger partial charge in [-0.1, -0.05) is 18.2 Å². The highest BCUT2D eigenvalue weighted by atomic mass is 35.5. The quantitative estimate of drug-likeness (QED) is 0.778. The summed E-state index contributed by atoms with van der Waals surface area (Å²) >= 11 is 6.05. The molecule has 0 saturated carbocycles. The van der Waals surface area contributed by atoms with Crippen LogP contribution in [0.15, 0.2) is 30.5 Å². The molecule has 0 radical (unpaired) electrons. The first-order valence-corrected chi connectivity index (χ1v) is 6.96. The van der Waals surface area contributed by atoms with E-state index in [9.17, 15) is 0 Å². The van der Waals surface area contributed by atoms with Gasteiger partial charge >= 0.3 is 0 Å². The van der Waals surface area contributed by atoms with Gasteiger partial charge < -0.3 is 4.90 Å². The van der Waals surface area contributed by atoms with Crippen LogP contribution in [0.2, 0.25) is 0 Å². The Balaban J connectivity index is 1.97. The van der Waals surface area contributed by atoms with Crippen molar-refractivity contribution in [2.75, 3.05) is 17.3 Å². The fourth-order valence-electron chi connectivity index (χ4n) is 2.53. The van der Waals surface area contributed by atoms with E-state index >= 15 is 0 Å². The van der Waals surface area contributed by atoms with Gasteiger partial charge in [0.25, 0.3) is 0 Å². The van der Waals surface area contributed by atoms with Crippen LogP contribution in [0.4, 0.5) is 5.95 Å². The van der Waals surface area contributed by atoms with E-state index in [4.69, 9.17) is 11.6 Å². The van der Waals surface area contributed by atoms with Gasteiger partial charge in [0.05, 0.1) is 5.52 Å². The summed E-state index contributed by atoms with van der Waals surface area (Å²) in [6.45, 7) is 1.01. The van der Waals surface area contributed by atoms with Gasteiger partial charge in [0.1, 0.15) is 0 Å². The average molecular weight is 262 g/mol. The predicted octanol–water partition coefficient (Wildman–Crippen LogP) is 3.23. The maximum absolute atomic E-state index is 6.05. The minimum absolute atomic E-state index is 0.376. The lowest BCUT2D eigenvalue weighted by atomic mass is 10.0. The van der Waals surface area contributed by atoms with Crippen LogP contribution in [0.25, 0.3) is 10.9 Å². The van der Waals surface area contributed by atoms with Crippen LogP contribution >= 0.6 is 11.6 Å². The minimum atomic E-state index is 0.376. The zero-order valence-corrected chi connectivity index (χ0v) is 11.0. The molecule has 1 aliphatic heterocycles. The van der Waals surface area contributed by atoms with Crippen molar-refractivity contribution in [3.05, 3.63) is 30.5 Å². The molecule has 1 aromatic carbocycles. The van der Waals surface area contributed by atoms with Crippen molar-refractivity contribution in [3.8, 4) is 0 Å². The first-order chi connectivity index (χ1) is 8.88. The van der Waals surface area contributed by atoms with Crippen LogP contribution in [0.3, 0.4) is 0 Å². The Morgan fingerprint density at radius 1 is 1.28 bits per heavy atom. The lowest BCUT2D eigenvalue weighted by Crippen LogP contribution is -2.41. The van der Waals surface area contributed by atoms with Crippen molar-refractivity contribution in [2.45, 2.75) is 25.3 Å². The lowest BCUT2D eigenvalue weighted by Gasteiger charge is -2.34. The average Bonchev–Trinajstić information content (AvgIpc) is 2.46. The van der Waals surface area contributed by atoms with Gasteiger partial charge in [0.2, 0.25) is 5.95 Å². The van der Waals surface area contributed by atoms with E-state index in [0.717, 1.165) is 29.8 Å². The fraction of sp³-hybridized carbons (Fsp3) is 0.429. The van der Waals surface area contributed by atoms with E-state index in [1.165, 1.54) is 12.8 Å². The van der Waals surface area contributed by atoms with E-state index in [0.29, 0.717) is 11.9 Å². The van der Waals surface area contributed by atoms with E-state index in [-0.39, 0.29) is 0 Å². The lowest BCUT2D eigenvalue weighted by molar-refractivity contribution is 0.481. The summed E-state index contributed by atoms with van der Waals surface area (Å²) in [6.07, 6.45) is 5.49. The molecule has 94 valence electrons.